The van der Waals surface area contributed by atoms with Crippen molar-refractivity contribution >= 4 is 11.6 Å². The summed E-state index contributed by atoms with van der Waals surface area (Å²) < 4.78 is 0. The summed E-state index contributed by atoms with van der Waals surface area (Å²) in [5.41, 5.74) is 0.660. The summed E-state index contributed by atoms with van der Waals surface area (Å²) >= 11 is 0. The molecule has 0 N–H and O–H groups in total. The largest absolute Gasteiger partial charge is 0.300 e. The Morgan fingerprint density at radius 3 is 2.43 bits per heavy atom. The Hall–Kier alpha value is -0.660. The number of ketones is 2. The Bertz CT molecular complexity index is 538. The molecule has 128 valence electrons. The predicted molar refractivity (Wildman–Crippen MR) is 90.9 cm³/mol. The molecule has 0 aromatic rings. The topological polar surface area (TPSA) is 34.1 Å². The molecular formula is C21H32O2. The molecule has 2 nitrogen and oxygen atoms in total. The maximum absolute atomic E-state index is 12.2. The third kappa shape index (κ3) is 2.12. The highest BCUT2D eigenvalue weighted by Gasteiger charge is 2.60. The van der Waals surface area contributed by atoms with Crippen LogP contribution >= 0.6 is 0 Å². The number of carbonyl (C=O) groups excluding carboxylic acids is 2. The second-order valence-corrected chi connectivity index (χ2v) is 9.68. The van der Waals surface area contributed by atoms with Crippen molar-refractivity contribution in [1.29, 1.82) is 0 Å². The van der Waals surface area contributed by atoms with Crippen molar-refractivity contribution in [1.82, 2.24) is 0 Å². The van der Waals surface area contributed by atoms with E-state index in [0.717, 1.165) is 43.4 Å². The summed E-state index contributed by atoms with van der Waals surface area (Å²) in [7, 11) is 0. The van der Waals surface area contributed by atoms with Crippen molar-refractivity contribution in [2.24, 2.45) is 40.4 Å². The van der Waals surface area contributed by atoms with Gasteiger partial charge in [0.2, 0.25) is 0 Å². The molecule has 4 saturated carbocycles. The summed E-state index contributed by atoms with van der Waals surface area (Å²) in [6.07, 6.45) is 10.3. The summed E-state index contributed by atoms with van der Waals surface area (Å²) in [5.74, 6) is 4.25. The molecule has 4 aliphatic rings. The Morgan fingerprint density at radius 2 is 1.70 bits per heavy atom. The lowest BCUT2D eigenvalue weighted by Gasteiger charge is -2.60. The minimum atomic E-state index is 0.265. The Kier molecular flexibility index (Phi) is 3.56. The van der Waals surface area contributed by atoms with Gasteiger partial charge in [-0.3, -0.25) is 9.59 Å². The molecule has 0 aromatic carbocycles. The summed E-state index contributed by atoms with van der Waals surface area (Å²) in [6, 6.07) is 0. The van der Waals surface area contributed by atoms with Crippen LogP contribution in [0.5, 0.6) is 0 Å². The van der Waals surface area contributed by atoms with Crippen LogP contribution in [0.1, 0.15) is 78.6 Å². The first-order valence-corrected chi connectivity index (χ1v) is 9.88. The summed E-state index contributed by atoms with van der Waals surface area (Å²) in [6.45, 7) is 6.74. The van der Waals surface area contributed by atoms with Gasteiger partial charge in [-0.1, -0.05) is 13.8 Å². The van der Waals surface area contributed by atoms with Crippen LogP contribution in [-0.4, -0.2) is 11.6 Å². The second kappa shape index (κ2) is 5.17. The highest BCUT2D eigenvalue weighted by Crippen LogP contribution is 2.67. The molecule has 0 bridgehead atoms. The molecular weight excluding hydrogens is 284 g/mol. The standard InChI is InChI=1S/C21H32O2/c1-13(22)17-6-7-18-16-5-4-14-12-15(23)8-10-20(14,2)19(16)9-11-21(17,18)3/h14,16-19H,4-12H2,1-3H3/t14-,16+,17?,18+,19-,20?,21-/m1/s1. The molecule has 0 aliphatic heterocycles. The number of rotatable bonds is 1. The molecule has 0 aromatic heterocycles. The summed E-state index contributed by atoms with van der Waals surface area (Å²) in [5, 5.41) is 0. The van der Waals surface area contributed by atoms with E-state index in [1.165, 1.54) is 32.1 Å². The molecule has 2 unspecified atom stereocenters. The molecule has 23 heavy (non-hydrogen) atoms. The van der Waals surface area contributed by atoms with E-state index >= 15 is 0 Å². The fraction of sp³-hybridized carbons (Fsp3) is 0.905. The first-order chi connectivity index (χ1) is 10.9. The van der Waals surface area contributed by atoms with E-state index in [2.05, 4.69) is 13.8 Å². The molecule has 0 radical (unpaired) electrons. The first kappa shape index (κ1) is 15.8. The first-order valence-electron chi connectivity index (χ1n) is 9.88. The molecule has 4 fully saturated rings. The smallest absolute Gasteiger partial charge is 0.133 e. The zero-order valence-electron chi connectivity index (χ0n) is 15.1. The van der Waals surface area contributed by atoms with Gasteiger partial charge in [-0.2, -0.15) is 0 Å². The van der Waals surface area contributed by atoms with Crippen molar-refractivity contribution in [3.05, 3.63) is 0 Å². The van der Waals surface area contributed by atoms with Crippen molar-refractivity contribution in [2.45, 2.75) is 78.6 Å². The number of carbonyl (C=O) groups is 2. The van der Waals surface area contributed by atoms with Crippen molar-refractivity contribution in [2.75, 3.05) is 0 Å². The van der Waals surface area contributed by atoms with Crippen LogP contribution in [0.25, 0.3) is 0 Å². The minimum Gasteiger partial charge on any atom is -0.300 e. The predicted octanol–water partition coefficient (Wildman–Crippen LogP) is 4.80. The van der Waals surface area contributed by atoms with Gasteiger partial charge in [-0.05, 0) is 86.4 Å². The van der Waals surface area contributed by atoms with Crippen LogP contribution in [-0.2, 0) is 9.59 Å². The van der Waals surface area contributed by atoms with Crippen LogP contribution < -0.4 is 0 Å². The fourth-order valence-corrected chi connectivity index (χ4v) is 7.71. The lowest BCUT2D eigenvalue weighted by Crippen LogP contribution is -2.53. The highest BCUT2D eigenvalue weighted by atomic mass is 16.1. The monoisotopic (exact) mass is 316 g/mol. The average molecular weight is 316 g/mol. The molecule has 4 aliphatic carbocycles. The molecule has 7 atom stereocenters. The SMILES string of the molecule is CC(=O)C1CC[C@H]2[C@@H]3CC[C@@H]4CC(=O)CCC4(C)[C@@H]3CC[C@]12C. The molecule has 4 rings (SSSR count). The van der Waals surface area contributed by atoms with Crippen LogP contribution in [0.2, 0.25) is 0 Å². The van der Waals surface area contributed by atoms with E-state index in [9.17, 15) is 9.59 Å². The van der Waals surface area contributed by atoms with Gasteiger partial charge in [-0.25, -0.2) is 0 Å². The van der Waals surface area contributed by atoms with E-state index < -0.39 is 0 Å². The third-order valence-electron chi connectivity index (χ3n) is 8.97. The van der Waals surface area contributed by atoms with Crippen molar-refractivity contribution in [3.8, 4) is 0 Å². The van der Waals surface area contributed by atoms with Gasteiger partial charge in [0.05, 0.1) is 0 Å². The zero-order chi connectivity index (χ0) is 16.4. The average Bonchev–Trinajstić information content (AvgIpc) is 2.85. The second-order valence-electron chi connectivity index (χ2n) is 9.68. The van der Waals surface area contributed by atoms with Gasteiger partial charge in [-0.15, -0.1) is 0 Å². The summed E-state index contributed by atoms with van der Waals surface area (Å²) in [4.78, 5) is 24.1. The van der Waals surface area contributed by atoms with Gasteiger partial charge in [0.15, 0.2) is 0 Å². The van der Waals surface area contributed by atoms with Crippen LogP contribution in [0.4, 0.5) is 0 Å². The van der Waals surface area contributed by atoms with Crippen molar-refractivity contribution in [3.63, 3.8) is 0 Å². The number of hydrogen-bond donors (Lipinski definition) is 0. The molecule has 0 amide bonds. The quantitative estimate of drug-likeness (QED) is 0.696. The molecule has 0 saturated heterocycles. The van der Waals surface area contributed by atoms with E-state index in [0.29, 0.717) is 28.8 Å². The normalized spacial score (nSPS) is 52.5. The lowest BCUT2D eigenvalue weighted by molar-refractivity contribution is -0.143. The van der Waals surface area contributed by atoms with Crippen LogP contribution in [0.15, 0.2) is 0 Å². The van der Waals surface area contributed by atoms with E-state index in [1.54, 1.807) is 0 Å². The van der Waals surface area contributed by atoms with E-state index in [4.69, 9.17) is 0 Å². The minimum absolute atomic E-state index is 0.265. The Labute approximate surface area is 140 Å². The van der Waals surface area contributed by atoms with Gasteiger partial charge in [0.25, 0.3) is 0 Å². The fourth-order valence-electron chi connectivity index (χ4n) is 7.71. The number of hydrogen-bond acceptors (Lipinski definition) is 2. The Balaban J connectivity index is 1.63. The molecule has 0 heterocycles. The van der Waals surface area contributed by atoms with Gasteiger partial charge in [0.1, 0.15) is 11.6 Å². The maximum atomic E-state index is 12.2. The van der Waals surface area contributed by atoms with Crippen molar-refractivity contribution < 1.29 is 9.59 Å². The number of fused-ring (bicyclic) bond motifs is 5. The highest BCUT2D eigenvalue weighted by molar-refractivity contribution is 5.80. The van der Waals surface area contributed by atoms with E-state index in [1.807, 2.05) is 6.92 Å². The molecule has 0 spiro atoms. The lowest BCUT2D eigenvalue weighted by atomic mass is 9.44. The van der Waals surface area contributed by atoms with Crippen LogP contribution in [0.3, 0.4) is 0 Å². The maximum Gasteiger partial charge on any atom is 0.133 e. The zero-order valence-corrected chi connectivity index (χ0v) is 15.1. The molecule has 2 heteroatoms. The number of Topliss-reactive ketones (excluding diaryl/α,β-unsaturated/α-hetero) is 2. The third-order valence-corrected chi connectivity index (χ3v) is 8.97. The van der Waals surface area contributed by atoms with E-state index in [-0.39, 0.29) is 5.41 Å². The van der Waals surface area contributed by atoms with Crippen LogP contribution in [0, 0.1) is 40.4 Å². The van der Waals surface area contributed by atoms with Gasteiger partial charge in [0, 0.05) is 18.8 Å². The van der Waals surface area contributed by atoms with Gasteiger partial charge < -0.3 is 0 Å². The van der Waals surface area contributed by atoms with Gasteiger partial charge >= 0.3 is 0 Å². The Morgan fingerprint density at radius 1 is 0.957 bits per heavy atom.